The minimum atomic E-state index is -0.882. The molecule has 0 aliphatic carbocycles. The first-order valence-electron chi connectivity index (χ1n) is 11.4. The lowest BCUT2D eigenvalue weighted by molar-refractivity contribution is -0.122. The highest BCUT2D eigenvalue weighted by atomic mass is 127. The second-order valence-corrected chi connectivity index (χ2v) is 10.7. The number of hydrogen-bond donors (Lipinski definition) is 2. The summed E-state index contributed by atoms with van der Waals surface area (Å²) in [6, 6.07) is 11.7. The summed E-state index contributed by atoms with van der Waals surface area (Å²) in [5, 5.41) is 5.86. The van der Waals surface area contributed by atoms with Crippen LogP contribution in [0.1, 0.15) is 11.1 Å². The fourth-order valence-electron chi connectivity index (χ4n) is 3.75. The van der Waals surface area contributed by atoms with Crippen LogP contribution >= 0.6 is 57.4 Å². The number of imide groups is 2. The Kier molecular flexibility index (Phi) is 9.24. The van der Waals surface area contributed by atoms with Crippen LogP contribution in [0.5, 0.6) is 11.5 Å². The summed E-state index contributed by atoms with van der Waals surface area (Å²) < 4.78 is 11.7. The topological polar surface area (TPSA) is 114 Å². The number of ether oxygens (including phenoxy) is 2. The van der Waals surface area contributed by atoms with E-state index < -0.39 is 23.8 Å². The van der Waals surface area contributed by atoms with Gasteiger partial charge in [-0.25, -0.2) is 9.69 Å². The van der Waals surface area contributed by atoms with Crippen molar-refractivity contribution in [2.24, 2.45) is 0 Å². The van der Waals surface area contributed by atoms with Crippen molar-refractivity contribution in [2.45, 2.75) is 6.92 Å². The summed E-state index contributed by atoms with van der Waals surface area (Å²) in [6.45, 7) is 1.32. The number of urea groups is 1. The molecule has 4 rings (SSSR count). The van der Waals surface area contributed by atoms with Crippen LogP contribution in [0, 0.1) is 10.5 Å². The number of amides is 5. The molecule has 40 heavy (non-hydrogen) atoms. The molecule has 0 bridgehead atoms. The number of nitrogens with one attached hydrogen (secondary N) is 2. The monoisotopic (exact) mass is 713 g/mol. The van der Waals surface area contributed by atoms with E-state index in [1.165, 1.54) is 25.3 Å². The number of anilines is 2. The number of carbonyl (C=O) groups excluding carboxylic acids is 4. The fourth-order valence-corrected chi connectivity index (χ4v) is 5.00. The van der Waals surface area contributed by atoms with Gasteiger partial charge in [-0.15, -0.1) is 0 Å². The maximum atomic E-state index is 13.3. The zero-order chi connectivity index (χ0) is 29.1. The molecule has 13 heteroatoms. The van der Waals surface area contributed by atoms with E-state index in [-0.39, 0.29) is 29.4 Å². The molecule has 0 aromatic heterocycles. The van der Waals surface area contributed by atoms with E-state index in [1.54, 1.807) is 43.3 Å². The van der Waals surface area contributed by atoms with Crippen LogP contribution in [0.15, 0.2) is 54.1 Å². The van der Waals surface area contributed by atoms with Gasteiger partial charge in [0.25, 0.3) is 17.7 Å². The van der Waals surface area contributed by atoms with Gasteiger partial charge in [0.15, 0.2) is 18.1 Å². The molecule has 206 valence electrons. The molecule has 1 heterocycles. The van der Waals surface area contributed by atoms with E-state index in [9.17, 15) is 19.2 Å². The molecule has 5 amide bonds. The quantitative estimate of drug-likeness (QED) is 0.170. The highest BCUT2D eigenvalue weighted by molar-refractivity contribution is 14.1. The second kappa shape index (κ2) is 12.5. The van der Waals surface area contributed by atoms with E-state index in [4.69, 9.17) is 44.3 Å². The predicted molar refractivity (Wildman–Crippen MR) is 161 cm³/mol. The molecule has 1 aliphatic heterocycles. The summed E-state index contributed by atoms with van der Waals surface area (Å²) in [5.74, 6) is -1.58. The van der Waals surface area contributed by atoms with Gasteiger partial charge in [-0.3, -0.25) is 19.7 Å². The number of hydrogen-bond acceptors (Lipinski definition) is 6. The Labute approximate surface area is 257 Å². The SMILES string of the molecule is COc1cc(/C=C2/C(=O)NC(=O)N(c3cccc(Cl)c3C)C2=O)cc(I)c1OCC(=O)Nc1ccc(Cl)c(Cl)c1. The minimum Gasteiger partial charge on any atom is -0.493 e. The maximum Gasteiger partial charge on any atom is 0.335 e. The molecule has 0 unspecified atom stereocenters. The number of benzene rings is 3. The van der Waals surface area contributed by atoms with Crippen LogP contribution in [0.4, 0.5) is 16.2 Å². The maximum absolute atomic E-state index is 13.3. The van der Waals surface area contributed by atoms with Crippen molar-refractivity contribution in [3.05, 3.63) is 83.9 Å². The second-order valence-electron chi connectivity index (χ2n) is 8.34. The molecular weight excluding hydrogens is 696 g/mol. The van der Waals surface area contributed by atoms with Crippen molar-refractivity contribution in [1.82, 2.24) is 5.32 Å². The Balaban J connectivity index is 1.57. The summed E-state index contributed by atoms with van der Waals surface area (Å²) >= 11 is 20.0. The lowest BCUT2D eigenvalue weighted by atomic mass is 10.1. The molecule has 9 nitrogen and oxygen atoms in total. The van der Waals surface area contributed by atoms with Gasteiger partial charge in [0.2, 0.25) is 0 Å². The van der Waals surface area contributed by atoms with E-state index >= 15 is 0 Å². The van der Waals surface area contributed by atoms with E-state index in [0.717, 1.165) is 4.90 Å². The average Bonchev–Trinajstić information content (AvgIpc) is 2.90. The normalized spacial score (nSPS) is 14.3. The molecule has 0 radical (unpaired) electrons. The molecule has 0 atom stereocenters. The van der Waals surface area contributed by atoms with Gasteiger partial charge >= 0.3 is 6.03 Å². The highest BCUT2D eigenvalue weighted by Crippen LogP contribution is 2.35. The molecule has 3 aromatic carbocycles. The average molecular weight is 715 g/mol. The standard InChI is InChI=1S/C27H19Cl3IN3O6/c1-13-17(28)4-3-5-21(13)34-26(37)16(25(36)33-27(34)38)8-14-9-20(31)24(22(10-14)39-2)40-12-23(35)32-15-6-7-18(29)19(30)11-15/h3-11H,12H2,1-2H3,(H,32,35)(H,33,36,38)/b16-8-. The molecule has 1 aliphatic rings. The Hall–Kier alpha value is -3.32. The van der Waals surface area contributed by atoms with E-state index in [2.05, 4.69) is 10.6 Å². The largest absolute Gasteiger partial charge is 0.493 e. The van der Waals surface area contributed by atoms with Crippen LogP contribution < -0.4 is 25.0 Å². The zero-order valence-electron chi connectivity index (χ0n) is 20.8. The summed E-state index contributed by atoms with van der Waals surface area (Å²) in [6.07, 6.45) is 1.34. The Morgan fingerprint density at radius 3 is 2.50 bits per heavy atom. The number of rotatable bonds is 7. The first-order valence-corrected chi connectivity index (χ1v) is 13.6. The Bertz CT molecular complexity index is 1590. The third-order valence-electron chi connectivity index (χ3n) is 5.70. The van der Waals surface area contributed by atoms with E-state index in [1.807, 2.05) is 22.6 Å². The van der Waals surface area contributed by atoms with Gasteiger partial charge in [0.1, 0.15) is 5.57 Å². The zero-order valence-corrected chi connectivity index (χ0v) is 25.2. The fraction of sp³-hybridized carbons (Fsp3) is 0.111. The van der Waals surface area contributed by atoms with Gasteiger partial charge < -0.3 is 14.8 Å². The lowest BCUT2D eigenvalue weighted by Crippen LogP contribution is -2.54. The lowest BCUT2D eigenvalue weighted by Gasteiger charge is -2.27. The molecule has 0 spiro atoms. The first-order chi connectivity index (χ1) is 19.0. The van der Waals surface area contributed by atoms with Crippen LogP contribution in [-0.2, 0) is 14.4 Å². The van der Waals surface area contributed by atoms with Crippen LogP contribution in [0.2, 0.25) is 15.1 Å². The van der Waals surface area contributed by atoms with Crippen LogP contribution in [-0.4, -0.2) is 37.5 Å². The molecule has 0 saturated carbocycles. The molecule has 2 N–H and O–H groups in total. The van der Waals surface area contributed by atoms with Gasteiger partial charge in [-0.1, -0.05) is 40.9 Å². The third-order valence-corrected chi connectivity index (χ3v) is 7.65. The Morgan fingerprint density at radius 1 is 1.05 bits per heavy atom. The summed E-state index contributed by atoms with van der Waals surface area (Å²) in [7, 11) is 1.41. The number of carbonyl (C=O) groups is 4. The molecule has 1 fully saturated rings. The van der Waals surface area contributed by atoms with Crippen LogP contribution in [0.25, 0.3) is 6.08 Å². The van der Waals surface area contributed by atoms with Gasteiger partial charge in [-0.2, -0.15) is 0 Å². The summed E-state index contributed by atoms with van der Waals surface area (Å²) in [5.41, 5.74) is 1.35. The smallest absolute Gasteiger partial charge is 0.335 e. The van der Waals surface area contributed by atoms with Crippen molar-refractivity contribution in [3.8, 4) is 11.5 Å². The van der Waals surface area contributed by atoms with Gasteiger partial charge in [0.05, 0.1) is 26.4 Å². The number of barbiturate groups is 1. The van der Waals surface area contributed by atoms with E-state index in [0.29, 0.717) is 35.5 Å². The minimum absolute atomic E-state index is 0.253. The molecule has 3 aromatic rings. The van der Waals surface area contributed by atoms with Crippen molar-refractivity contribution in [3.63, 3.8) is 0 Å². The van der Waals surface area contributed by atoms with Crippen LogP contribution in [0.3, 0.4) is 0 Å². The highest BCUT2D eigenvalue weighted by Gasteiger charge is 2.37. The van der Waals surface area contributed by atoms with Crippen molar-refractivity contribution in [1.29, 1.82) is 0 Å². The van der Waals surface area contributed by atoms with Crippen molar-refractivity contribution >= 4 is 98.6 Å². The molecule has 1 saturated heterocycles. The molecular formula is C27H19Cl3IN3O6. The van der Waals surface area contributed by atoms with Crippen molar-refractivity contribution in [2.75, 3.05) is 23.9 Å². The Morgan fingerprint density at radius 2 is 1.80 bits per heavy atom. The summed E-state index contributed by atoms with van der Waals surface area (Å²) in [4.78, 5) is 51.8. The third kappa shape index (κ3) is 6.35. The van der Waals surface area contributed by atoms with Gasteiger partial charge in [-0.05, 0) is 89.2 Å². The first kappa shape index (κ1) is 29.7. The number of halogens is 4. The number of nitrogens with zero attached hydrogens (tertiary/aromatic N) is 1. The number of methoxy groups -OCH3 is 1. The predicted octanol–water partition coefficient (Wildman–Crippen LogP) is 6.25. The van der Waals surface area contributed by atoms with Crippen molar-refractivity contribution < 1.29 is 28.7 Å². The van der Waals surface area contributed by atoms with Gasteiger partial charge in [0, 0.05) is 10.7 Å².